The molecular formula is C10H15N5O. The summed E-state index contributed by atoms with van der Waals surface area (Å²) in [5.74, 6) is 0.599. The number of nitriles is 1. The van der Waals surface area contributed by atoms with Gasteiger partial charge in [0.15, 0.2) is 0 Å². The SMILES string of the molecule is CCCc1nc(C(=O)NCCCC#N)n[nH]1. The van der Waals surface area contributed by atoms with Crippen molar-refractivity contribution in [3.8, 4) is 6.07 Å². The summed E-state index contributed by atoms with van der Waals surface area (Å²) < 4.78 is 0. The molecule has 0 spiro atoms. The number of aromatic amines is 1. The molecule has 6 nitrogen and oxygen atoms in total. The van der Waals surface area contributed by atoms with E-state index in [0.717, 1.165) is 18.7 Å². The molecule has 0 radical (unpaired) electrons. The van der Waals surface area contributed by atoms with Gasteiger partial charge < -0.3 is 5.32 Å². The van der Waals surface area contributed by atoms with E-state index >= 15 is 0 Å². The first kappa shape index (κ1) is 12.2. The van der Waals surface area contributed by atoms with Crippen LogP contribution in [0, 0.1) is 11.3 Å². The number of aromatic nitrogens is 3. The number of nitrogens with zero attached hydrogens (tertiary/aromatic N) is 3. The van der Waals surface area contributed by atoms with Crippen LogP contribution < -0.4 is 5.32 Å². The summed E-state index contributed by atoms with van der Waals surface area (Å²) in [5, 5.41) is 17.5. The second-order valence-corrected chi connectivity index (χ2v) is 3.37. The fourth-order valence-corrected chi connectivity index (χ4v) is 1.19. The van der Waals surface area contributed by atoms with Gasteiger partial charge in [0.25, 0.3) is 5.91 Å². The Morgan fingerprint density at radius 2 is 2.44 bits per heavy atom. The molecule has 1 aromatic rings. The van der Waals surface area contributed by atoms with Crippen molar-refractivity contribution in [1.82, 2.24) is 20.5 Å². The topological polar surface area (TPSA) is 94.5 Å². The average molecular weight is 221 g/mol. The van der Waals surface area contributed by atoms with Crippen LogP contribution in [-0.2, 0) is 6.42 Å². The highest BCUT2D eigenvalue weighted by Gasteiger charge is 2.10. The largest absolute Gasteiger partial charge is 0.349 e. The van der Waals surface area contributed by atoms with Gasteiger partial charge in [-0.1, -0.05) is 6.92 Å². The highest BCUT2D eigenvalue weighted by atomic mass is 16.2. The van der Waals surface area contributed by atoms with Crippen LogP contribution >= 0.6 is 0 Å². The van der Waals surface area contributed by atoms with Crippen molar-refractivity contribution in [3.05, 3.63) is 11.6 Å². The quantitative estimate of drug-likeness (QED) is 0.694. The summed E-state index contributed by atoms with van der Waals surface area (Å²) >= 11 is 0. The van der Waals surface area contributed by atoms with Gasteiger partial charge in [-0.05, 0) is 12.8 Å². The first-order valence-electron chi connectivity index (χ1n) is 5.34. The smallest absolute Gasteiger partial charge is 0.290 e. The molecule has 0 aromatic carbocycles. The molecule has 0 aliphatic heterocycles. The number of hydrogen-bond acceptors (Lipinski definition) is 4. The summed E-state index contributed by atoms with van der Waals surface area (Å²) in [4.78, 5) is 15.5. The lowest BCUT2D eigenvalue weighted by Crippen LogP contribution is -2.25. The fraction of sp³-hybridized carbons (Fsp3) is 0.600. The van der Waals surface area contributed by atoms with Gasteiger partial charge in [-0.2, -0.15) is 5.26 Å². The van der Waals surface area contributed by atoms with E-state index in [1.165, 1.54) is 0 Å². The molecule has 86 valence electrons. The zero-order chi connectivity index (χ0) is 11.8. The van der Waals surface area contributed by atoms with Crippen molar-refractivity contribution in [2.24, 2.45) is 0 Å². The average Bonchev–Trinajstić information content (AvgIpc) is 2.73. The number of nitrogens with one attached hydrogen (secondary N) is 2. The number of amides is 1. The molecule has 0 unspecified atom stereocenters. The Morgan fingerprint density at radius 3 is 3.12 bits per heavy atom. The maximum absolute atomic E-state index is 11.5. The number of rotatable bonds is 6. The van der Waals surface area contributed by atoms with Crippen LogP contribution in [0.5, 0.6) is 0 Å². The third-order valence-electron chi connectivity index (χ3n) is 1.97. The monoisotopic (exact) mass is 221 g/mol. The van der Waals surface area contributed by atoms with Gasteiger partial charge in [0.2, 0.25) is 5.82 Å². The van der Waals surface area contributed by atoms with Crippen LogP contribution in [0.3, 0.4) is 0 Å². The van der Waals surface area contributed by atoms with Gasteiger partial charge in [0, 0.05) is 19.4 Å². The van der Waals surface area contributed by atoms with E-state index in [1.54, 1.807) is 0 Å². The molecule has 0 saturated carbocycles. The number of H-pyrrole nitrogens is 1. The van der Waals surface area contributed by atoms with Gasteiger partial charge in [-0.3, -0.25) is 9.89 Å². The second kappa shape index (κ2) is 6.56. The minimum atomic E-state index is -0.295. The van der Waals surface area contributed by atoms with E-state index in [4.69, 9.17) is 5.26 Å². The van der Waals surface area contributed by atoms with Crippen LogP contribution in [0.1, 0.15) is 42.6 Å². The highest BCUT2D eigenvalue weighted by Crippen LogP contribution is 1.96. The first-order chi connectivity index (χ1) is 7.77. The van der Waals surface area contributed by atoms with Crippen molar-refractivity contribution >= 4 is 5.91 Å². The minimum Gasteiger partial charge on any atom is -0.349 e. The number of hydrogen-bond donors (Lipinski definition) is 2. The molecule has 0 aliphatic carbocycles. The standard InChI is InChI=1S/C10H15N5O/c1-2-5-8-13-9(15-14-8)10(16)12-7-4-3-6-11/h2-5,7H2,1H3,(H,12,16)(H,13,14,15). The number of aryl methyl sites for hydroxylation is 1. The van der Waals surface area contributed by atoms with E-state index in [-0.39, 0.29) is 11.7 Å². The van der Waals surface area contributed by atoms with Crippen LogP contribution in [0.25, 0.3) is 0 Å². The molecule has 0 atom stereocenters. The molecule has 0 bridgehead atoms. The predicted molar refractivity (Wildman–Crippen MR) is 57.6 cm³/mol. The van der Waals surface area contributed by atoms with Crippen LogP contribution in [-0.4, -0.2) is 27.6 Å². The summed E-state index contributed by atoms with van der Waals surface area (Å²) in [5.41, 5.74) is 0. The van der Waals surface area contributed by atoms with Crippen molar-refractivity contribution in [2.75, 3.05) is 6.54 Å². The first-order valence-corrected chi connectivity index (χ1v) is 5.34. The van der Waals surface area contributed by atoms with Crippen molar-refractivity contribution in [3.63, 3.8) is 0 Å². The van der Waals surface area contributed by atoms with Crippen LogP contribution in [0.4, 0.5) is 0 Å². The molecule has 16 heavy (non-hydrogen) atoms. The lowest BCUT2D eigenvalue weighted by atomic mass is 10.3. The summed E-state index contributed by atoms with van der Waals surface area (Å²) in [6, 6.07) is 2.01. The third kappa shape index (κ3) is 3.69. The molecule has 0 aliphatic rings. The van der Waals surface area contributed by atoms with Gasteiger partial charge in [0.05, 0.1) is 6.07 Å². The molecule has 2 N–H and O–H groups in total. The number of unbranched alkanes of at least 4 members (excludes halogenated alkanes) is 1. The Bertz CT molecular complexity index is 379. The highest BCUT2D eigenvalue weighted by molar-refractivity contribution is 5.90. The van der Waals surface area contributed by atoms with E-state index in [9.17, 15) is 4.79 Å². The predicted octanol–water partition coefficient (Wildman–Crippen LogP) is 0.791. The van der Waals surface area contributed by atoms with Gasteiger partial charge >= 0.3 is 0 Å². The number of carbonyl (C=O) groups excluding carboxylic acids is 1. The molecule has 0 fully saturated rings. The Balaban J connectivity index is 2.38. The molecule has 1 rings (SSSR count). The third-order valence-corrected chi connectivity index (χ3v) is 1.97. The Morgan fingerprint density at radius 1 is 1.62 bits per heavy atom. The zero-order valence-corrected chi connectivity index (χ0v) is 9.29. The Hall–Kier alpha value is -1.90. The van der Waals surface area contributed by atoms with E-state index in [1.807, 2.05) is 13.0 Å². The maximum atomic E-state index is 11.5. The zero-order valence-electron chi connectivity index (χ0n) is 9.29. The van der Waals surface area contributed by atoms with Gasteiger partial charge in [0.1, 0.15) is 5.82 Å². The van der Waals surface area contributed by atoms with Crippen LogP contribution in [0.2, 0.25) is 0 Å². The van der Waals surface area contributed by atoms with Crippen molar-refractivity contribution < 1.29 is 4.79 Å². The minimum absolute atomic E-state index is 0.167. The number of carbonyl (C=O) groups is 1. The van der Waals surface area contributed by atoms with Crippen LogP contribution in [0.15, 0.2) is 0 Å². The summed E-state index contributed by atoms with van der Waals surface area (Å²) in [7, 11) is 0. The normalized spacial score (nSPS) is 9.75. The lowest BCUT2D eigenvalue weighted by Gasteiger charge is -1.98. The van der Waals surface area contributed by atoms with E-state index < -0.39 is 0 Å². The molecular weight excluding hydrogens is 206 g/mol. The van der Waals surface area contributed by atoms with E-state index in [2.05, 4.69) is 20.5 Å². The molecule has 1 aromatic heterocycles. The Labute approximate surface area is 94.1 Å². The molecule has 0 saturated heterocycles. The van der Waals surface area contributed by atoms with Gasteiger partial charge in [-0.15, -0.1) is 5.10 Å². The molecule has 1 amide bonds. The Kier molecular flexibility index (Phi) is 4.99. The van der Waals surface area contributed by atoms with Crippen molar-refractivity contribution in [2.45, 2.75) is 32.6 Å². The maximum Gasteiger partial charge on any atom is 0.290 e. The summed E-state index contributed by atoms with van der Waals surface area (Å²) in [6.07, 6.45) is 2.83. The lowest BCUT2D eigenvalue weighted by molar-refractivity contribution is 0.0943. The van der Waals surface area contributed by atoms with Gasteiger partial charge in [-0.25, -0.2) is 4.98 Å². The van der Waals surface area contributed by atoms with E-state index in [0.29, 0.717) is 19.4 Å². The van der Waals surface area contributed by atoms with Crippen molar-refractivity contribution in [1.29, 1.82) is 5.26 Å². The fourth-order valence-electron chi connectivity index (χ4n) is 1.19. The molecule has 1 heterocycles. The molecule has 6 heteroatoms. The summed E-state index contributed by atoms with van der Waals surface area (Å²) in [6.45, 7) is 2.51. The second-order valence-electron chi connectivity index (χ2n) is 3.37.